The second-order valence-corrected chi connectivity index (χ2v) is 3.22. The summed E-state index contributed by atoms with van der Waals surface area (Å²) in [4.78, 5) is 21.4. The maximum absolute atomic E-state index is 11.1. The van der Waals surface area contributed by atoms with Crippen molar-refractivity contribution in [3.8, 4) is 5.75 Å². The average Bonchev–Trinajstić information content (AvgIpc) is 2.14. The largest absolute Gasteiger partial charge is 0.482 e. The average molecular weight is 208 g/mol. The molecule has 1 N–H and O–H groups in total. The van der Waals surface area contributed by atoms with Crippen molar-refractivity contribution in [1.29, 1.82) is 0 Å². The molecule has 0 bridgehead atoms. The molecule has 0 aliphatic heterocycles. The van der Waals surface area contributed by atoms with Crippen molar-refractivity contribution in [3.63, 3.8) is 0 Å². The Hall–Kier alpha value is -1.84. The Kier molecular flexibility index (Phi) is 3.44. The first-order valence-electron chi connectivity index (χ1n) is 4.47. The van der Waals surface area contributed by atoms with E-state index in [1.165, 1.54) is 6.92 Å². The van der Waals surface area contributed by atoms with Gasteiger partial charge in [0, 0.05) is 5.56 Å². The molecule has 1 rings (SSSR count). The summed E-state index contributed by atoms with van der Waals surface area (Å²) in [5.74, 6) is -0.583. The summed E-state index contributed by atoms with van der Waals surface area (Å²) in [7, 11) is 0. The summed E-state index contributed by atoms with van der Waals surface area (Å²) in [6.45, 7) is 2.89. The number of hydrogen-bond acceptors (Lipinski definition) is 3. The summed E-state index contributed by atoms with van der Waals surface area (Å²) in [5, 5.41) is 8.41. The molecule has 0 amide bonds. The van der Waals surface area contributed by atoms with Crippen molar-refractivity contribution in [2.45, 2.75) is 13.8 Å². The van der Waals surface area contributed by atoms with Gasteiger partial charge >= 0.3 is 5.97 Å². The molecule has 1 aromatic rings. The number of ether oxygens (including phenoxy) is 1. The van der Waals surface area contributed by atoms with Crippen LogP contribution in [0.3, 0.4) is 0 Å². The first-order valence-corrected chi connectivity index (χ1v) is 4.47. The fourth-order valence-corrected chi connectivity index (χ4v) is 1.27. The molecule has 15 heavy (non-hydrogen) atoms. The van der Waals surface area contributed by atoms with Gasteiger partial charge in [0.05, 0.1) is 0 Å². The van der Waals surface area contributed by atoms with Gasteiger partial charge in [0.2, 0.25) is 0 Å². The number of aryl methyl sites for hydroxylation is 1. The number of rotatable bonds is 4. The van der Waals surface area contributed by atoms with Crippen LogP contribution in [0.15, 0.2) is 18.2 Å². The predicted molar refractivity (Wildman–Crippen MR) is 54.3 cm³/mol. The minimum Gasteiger partial charge on any atom is -0.482 e. The molecule has 0 heterocycles. The molecule has 0 saturated carbocycles. The fourth-order valence-electron chi connectivity index (χ4n) is 1.27. The van der Waals surface area contributed by atoms with Crippen molar-refractivity contribution in [2.24, 2.45) is 0 Å². The molecular formula is C11H12O4. The van der Waals surface area contributed by atoms with Gasteiger partial charge in [-0.05, 0) is 37.6 Å². The highest BCUT2D eigenvalue weighted by molar-refractivity contribution is 5.95. The predicted octanol–water partition coefficient (Wildman–Crippen LogP) is 1.66. The molecule has 0 radical (unpaired) electrons. The lowest BCUT2D eigenvalue weighted by Gasteiger charge is -2.06. The normalized spacial score (nSPS) is 9.73. The Balaban J connectivity index is 2.82. The molecule has 0 atom stereocenters. The Morgan fingerprint density at radius 1 is 1.40 bits per heavy atom. The van der Waals surface area contributed by atoms with E-state index < -0.39 is 5.97 Å². The number of aliphatic carboxylic acids is 1. The maximum Gasteiger partial charge on any atom is 0.341 e. The summed E-state index contributed by atoms with van der Waals surface area (Å²) in [6.07, 6.45) is 0. The van der Waals surface area contributed by atoms with E-state index in [0.29, 0.717) is 11.3 Å². The highest BCUT2D eigenvalue weighted by Crippen LogP contribution is 2.17. The van der Waals surface area contributed by atoms with Crippen molar-refractivity contribution in [1.82, 2.24) is 0 Å². The number of carboxylic acids is 1. The Labute approximate surface area is 87.5 Å². The quantitative estimate of drug-likeness (QED) is 0.764. The molecule has 0 saturated heterocycles. The smallest absolute Gasteiger partial charge is 0.341 e. The van der Waals surface area contributed by atoms with Crippen LogP contribution in [0, 0.1) is 6.92 Å². The zero-order valence-corrected chi connectivity index (χ0v) is 8.61. The Morgan fingerprint density at radius 2 is 2.07 bits per heavy atom. The van der Waals surface area contributed by atoms with E-state index in [4.69, 9.17) is 9.84 Å². The Bertz CT molecular complexity index is 396. The molecule has 0 aliphatic carbocycles. The molecule has 0 aromatic heterocycles. The van der Waals surface area contributed by atoms with Gasteiger partial charge in [0.15, 0.2) is 12.4 Å². The van der Waals surface area contributed by atoms with Gasteiger partial charge in [0.1, 0.15) is 5.75 Å². The van der Waals surface area contributed by atoms with Crippen LogP contribution < -0.4 is 4.74 Å². The zero-order chi connectivity index (χ0) is 11.4. The van der Waals surface area contributed by atoms with E-state index in [0.717, 1.165) is 5.56 Å². The van der Waals surface area contributed by atoms with Crippen LogP contribution in [0.25, 0.3) is 0 Å². The van der Waals surface area contributed by atoms with E-state index >= 15 is 0 Å². The number of carboxylic acid groups (broad SMARTS) is 1. The minimum absolute atomic E-state index is 0.0164. The van der Waals surface area contributed by atoms with E-state index in [1.807, 2.05) is 0 Å². The third-order valence-electron chi connectivity index (χ3n) is 1.94. The highest BCUT2D eigenvalue weighted by atomic mass is 16.5. The van der Waals surface area contributed by atoms with E-state index in [2.05, 4.69) is 0 Å². The van der Waals surface area contributed by atoms with Gasteiger partial charge in [-0.2, -0.15) is 0 Å². The van der Waals surface area contributed by atoms with Crippen LogP contribution in [-0.2, 0) is 4.79 Å². The second kappa shape index (κ2) is 4.59. The molecule has 0 aliphatic rings. The lowest BCUT2D eigenvalue weighted by molar-refractivity contribution is -0.139. The number of hydrogen-bond donors (Lipinski definition) is 1. The molecule has 0 unspecified atom stereocenters. The number of benzene rings is 1. The minimum atomic E-state index is -1.02. The van der Waals surface area contributed by atoms with Crippen LogP contribution in [0.5, 0.6) is 5.75 Å². The van der Waals surface area contributed by atoms with Gasteiger partial charge in [-0.3, -0.25) is 4.79 Å². The third-order valence-corrected chi connectivity index (χ3v) is 1.94. The summed E-state index contributed by atoms with van der Waals surface area (Å²) in [6, 6.07) is 4.88. The lowest BCUT2D eigenvalue weighted by atomic mass is 10.1. The number of carbonyl (C=O) groups is 2. The van der Waals surface area contributed by atoms with Gasteiger partial charge in [0.25, 0.3) is 0 Å². The first kappa shape index (κ1) is 11.2. The highest BCUT2D eigenvalue weighted by Gasteiger charge is 2.05. The van der Waals surface area contributed by atoms with Crippen LogP contribution in [0.2, 0.25) is 0 Å². The topological polar surface area (TPSA) is 63.6 Å². The van der Waals surface area contributed by atoms with Crippen molar-refractivity contribution in [2.75, 3.05) is 6.61 Å². The number of ketones is 1. The number of Topliss-reactive ketones (excluding diaryl/α,β-unsaturated/α-hetero) is 1. The van der Waals surface area contributed by atoms with Gasteiger partial charge in [-0.1, -0.05) is 0 Å². The monoisotopic (exact) mass is 208 g/mol. The molecule has 0 fully saturated rings. The van der Waals surface area contributed by atoms with Crippen molar-refractivity contribution in [3.05, 3.63) is 29.3 Å². The number of carbonyl (C=O) groups excluding carboxylic acids is 1. The van der Waals surface area contributed by atoms with Gasteiger partial charge in [-0.25, -0.2) is 4.79 Å². The summed E-state index contributed by atoms with van der Waals surface area (Å²) < 4.78 is 4.97. The van der Waals surface area contributed by atoms with E-state index in [-0.39, 0.29) is 12.4 Å². The van der Waals surface area contributed by atoms with Crippen LogP contribution in [-0.4, -0.2) is 23.5 Å². The Morgan fingerprint density at radius 3 is 2.53 bits per heavy atom. The SMILES string of the molecule is CC(=O)c1ccc(OCC(=O)O)cc1C. The molecular weight excluding hydrogens is 196 g/mol. The standard InChI is InChI=1S/C11H12O4/c1-7-5-9(15-6-11(13)14)3-4-10(7)8(2)12/h3-5H,6H2,1-2H3,(H,13,14). The second-order valence-electron chi connectivity index (χ2n) is 3.22. The zero-order valence-electron chi connectivity index (χ0n) is 8.61. The molecule has 4 nitrogen and oxygen atoms in total. The van der Waals surface area contributed by atoms with Crippen LogP contribution in [0.4, 0.5) is 0 Å². The van der Waals surface area contributed by atoms with Gasteiger partial charge < -0.3 is 9.84 Å². The molecule has 0 spiro atoms. The fraction of sp³-hybridized carbons (Fsp3) is 0.273. The third kappa shape index (κ3) is 3.09. The summed E-state index contributed by atoms with van der Waals surface area (Å²) in [5.41, 5.74) is 1.41. The van der Waals surface area contributed by atoms with Crippen LogP contribution >= 0.6 is 0 Å². The summed E-state index contributed by atoms with van der Waals surface area (Å²) >= 11 is 0. The molecule has 4 heteroatoms. The van der Waals surface area contributed by atoms with E-state index in [1.54, 1.807) is 25.1 Å². The van der Waals surface area contributed by atoms with Gasteiger partial charge in [-0.15, -0.1) is 0 Å². The molecule has 80 valence electrons. The van der Waals surface area contributed by atoms with E-state index in [9.17, 15) is 9.59 Å². The maximum atomic E-state index is 11.1. The lowest BCUT2D eigenvalue weighted by Crippen LogP contribution is -2.09. The first-order chi connectivity index (χ1) is 7.00. The van der Waals surface area contributed by atoms with Crippen molar-refractivity contribution >= 4 is 11.8 Å². The van der Waals surface area contributed by atoms with Crippen molar-refractivity contribution < 1.29 is 19.4 Å². The van der Waals surface area contributed by atoms with Crippen LogP contribution in [0.1, 0.15) is 22.8 Å². The molecule has 1 aromatic carbocycles.